The van der Waals surface area contributed by atoms with Gasteiger partial charge in [-0.3, -0.25) is 0 Å². The van der Waals surface area contributed by atoms with Crippen LogP contribution in [-0.4, -0.2) is 15.3 Å². The van der Waals surface area contributed by atoms with Crippen molar-refractivity contribution in [1.82, 2.24) is 0 Å². The molecule has 0 bridgehead atoms. The topological polar surface area (TPSA) is 60.7 Å². The van der Waals surface area contributed by atoms with E-state index in [2.05, 4.69) is 0 Å². The van der Waals surface area contributed by atoms with E-state index in [0.29, 0.717) is 17.5 Å². The van der Waals surface area contributed by atoms with Crippen molar-refractivity contribution < 1.29 is 15.3 Å². The molecule has 23 heavy (non-hydrogen) atoms. The van der Waals surface area contributed by atoms with Crippen LogP contribution >= 0.6 is 0 Å². The summed E-state index contributed by atoms with van der Waals surface area (Å²) >= 11 is 0. The average Bonchev–Trinajstić information content (AvgIpc) is 2.57. The van der Waals surface area contributed by atoms with Crippen LogP contribution in [0.5, 0.6) is 17.2 Å². The van der Waals surface area contributed by atoms with Gasteiger partial charge < -0.3 is 15.3 Å². The fourth-order valence-corrected chi connectivity index (χ4v) is 2.61. The highest BCUT2D eigenvalue weighted by atomic mass is 16.3. The minimum absolute atomic E-state index is 0.276. The number of phenolic OH excluding ortho intramolecular Hbond substituents is 3. The molecule has 0 aromatic heterocycles. The Morgan fingerprint density at radius 3 is 2.04 bits per heavy atom. The van der Waals surface area contributed by atoms with Gasteiger partial charge in [0.2, 0.25) is 5.75 Å². The van der Waals surface area contributed by atoms with E-state index < -0.39 is 5.75 Å². The van der Waals surface area contributed by atoms with Crippen LogP contribution in [0.15, 0.2) is 60.7 Å². The molecule has 116 valence electrons. The Morgan fingerprint density at radius 2 is 1.39 bits per heavy atom. The Bertz CT molecular complexity index is 822. The summed E-state index contributed by atoms with van der Waals surface area (Å²) in [6.45, 7) is 1.98. The molecule has 3 rings (SSSR count). The molecular formula is C20H18O3. The molecule has 0 spiro atoms. The molecule has 0 aliphatic rings. The van der Waals surface area contributed by atoms with Gasteiger partial charge in [0, 0.05) is 17.5 Å². The van der Waals surface area contributed by atoms with Crippen LogP contribution < -0.4 is 0 Å². The van der Waals surface area contributed by atoms with Gasteiger partial charge in [0.1, 0.15) is 0 Å². The fraction of sp³-hybridized carbons (Fsp3) is 0.100. The van der Waals surface area contributed by atoms with Gasteiger partial charge in [0.15, 0.2) is 11.5 Å². The van der Waals surface area contributed by atoms with Gasteiger partial charge >= 0.3 is 0 Å². The number of hydrogen-bond acceptors (Lipinski definition) is 3. The van der Waals surface area contributed by atoms with Crippen LogP contribution in [0.25, 0.3) is 11.1 Å². The first-order valence-electron chi connectivity index (χ1n) is 7.44. The van der Waals surface area contributed by atoms with E-state index in [9.17, 15) is 15.3 Å². The molecule has 0 aliphatic carbocycles. The van der Waals surface area contributed by atoms with Gasteiger partial charge in [-0.05, 0) is 24.1 Å². The Kier molecular flexibility index (Phi) is 3.94. The smallest absolute Gasteiger partial charge is 0.201 e. The summed E-state index contributed by atoms with van der Waals surface area (Å²) in [6.07, 6.45) is 0.472. The van der Waals surface area contributed by atoms with Gasteiger partial charge in [-0.25, -0.2) is 0 Å². The van der Waals surface area contributed by atoms with Crippen LogP contribution in [0.3, 0.4) is 0 Å². The maximum absolute atomic E-state index is 10.2. The van der Waals surface area contributed by atoms with Crippen LogP contribution in [0, 0.1) is 6.92 Å². The number of phenols is 3. The molecule has 3 aromatic rings. The highest BCUT2D eigenvalue weighted by Crippen LogP contribution is 2.45. The molecule has 0 aliphatic heterocycles. The third kappa shape index (κ3) is 2.99. The van der Waals surface area contributed by atoms with E-state index >= 15 is 0 Å². The second-order valence-corrected chi connectivity index (χ2v) is 5.66. The quantitative estimate of drug-likeness (QED) is 0.630. The largest absolute Gasteiger partial charge is 0.504 e. The van der Waals surface area contributed by atoms with E-state index in [1.807, 2.05) is 61.5 Å². The van der Waals surface area contributed by atoms with Crippen molar-refractivity contribution in [3.8, 4) is 28.4 Å². The predicted molar refractivity (Wildman–Crippen MR) is 90.9 cm³/mol. The Hall–Kier alpha value is -2.94. The van der Waals surface area contributed by atoms with E-state index in [1.54, 1.807) is 6.07 Å². The molecule has 3 nitrogen and oxygen atoms in total. The number of hydrogen-bond donors (Lipinski definition) is 3. The van der Waals surface area contributed by atoms with Crippen molar-refractivity contribution in [1.29, 1.82) is 0 Å². The van der Waals surface area contributed by atoms with Crippen molar-refractivity contribution in [2.75, 3.05) is 0 Å². The third-order valence-corrected chi connectivity index (χ3v) is 3.93. The first kappa shape index (κ1) is 15.0. The Morgan fingerprint density at radius 1 is 0.739 bits per heavy atom. The summed E-state index contributed by atoms with van der Waals surface area (Å²) in [6, 6.07) is 19.0. The summed E-state index contributed by atoms with van der Waals surface area (Å²) < 4.78 is 0. The molecule has 3 heteroatoms. The lowest BCUT2D eigenvalue weighted by Gasteiger charge is -2.13. The lowest BCUT2D eigenvalue weighted by atomic mass is 9.96. The molecule has 0 atom stereocenters. The van der Waals surface area contributed by atoms with Crippen LogP contribution in [0.2, 0.25) is 0 Å². The normalized spacial score (nSPS) is 10.7. The van der Waals surface area contributed by atoms with Crippen molar-refractivity contribution in [3.05, 3.63) is 77.4 Å². The summed E-state index contributed by atoms with van der Waals surface area (Å²) in [5.74, 6) is -1.06. The number of benzene rings is 3. The molecule has 0 heterocycles. The zero-order valence-electron chi connectivity index (χ0n) is 12.8. The second-order valence-electron chi connectivity index (χ2n) is 5.66. The highest BCUT2D eigenvalue weighted by molar-refractivity contribution is 5.77. The maximum atomic E-state index is 10.2. The zero-order valence-corrected chi connectivity index (χ0v) is 12.8. The van der Waals surface area contributed by atoms with Crippen LogP contribution in [-0.2, 0) is 6.42 Å². The van der Waals surface area contributed by atoms with Gasteiger partial charge in [-0.1, -0.05) is 60.2 Å². The summed E-state index contributed by atoms with van der Waals surface area (Å²) in [4.78, 5) is 0. The number of rotatable bonds is 3. The second kappa shape index (κ2) is 6.05. The molecule has 0 radical (unpaired) electrons. The maximum Gasteiger partial charge on any atom is 0.201 e. The lowest BCUT2D eigenvalue weighted by Crippen LogP contribution is -1.92. The van der Waals surface area contributed by atoms with Crippen LogP contribution in [0.1, 0.15) is 16.7 Å². The molecular weight excluding hydrogens is 288 g/mol. The fourth-order valence-electron chi connectivity index (χ4n) is 2.61. The van der Waals surface area contributed by atoms with Crippen molar-refractivity contribution in [3.63, 3.8) is 0 Å². The molecule has 0 unspecified atom stereocenters. The molecule has 0 saturated carbocycles. The summed E-state index contributed by atoms with van der Waals surface area (Å²) in [5.41, 5.74) is 3.99. The van der Waals surface area contributed by atoms with E-state index in [4.69, 9.17) is 0 Å². The van der Waals surface area contributed by atoms with Gasteiger partial charge in [-0.15, -0.1) is 0 Å². The molecule has 0 fully saturated rings. The number of aryl methyl sites for hydroxylation is 1. The minimum Gasteiger partial charge on any atom is -0.504 e. The van der Waals surface area contributed by atoms with E-state index in [-0.39, 0.29) is 11.5 Å². The first-order chi connectivity index (χ1) is 11.1. The van der Waals surface area contributed by atoms with E-state index in [0.717, 1.165) is 16.7 Å². The average molecular weight is 306 g/mol. The molecule has 3 aromatic carbocycles. The lowest BCUT2D eigenvalue weighted by molar-refractivity contribution is 0.366. The third-order valence-electron chi connectivity index (χ3n) is 3.93. The summed E-state index contributed by atoms with van der Waals surface area (Å²) in [5, 5.41) is 30.4. The number of aromatic hydroxyl groups is 3. The summed E-state index contributed by atoms with van der Waals surface area (Å²) in [7, 11) is 0. The monoisotopic (exact) mass is 306 g/mol. The molecule has 3 N–H and O–H groups in total. The van der Waals surface area contributed by atoms with Crippen molar-refractivity contribution in [2.24, 2.45) is 0 Å². The highest BCUT2D eigenvalue weighted by Gasteiger charge is 2.17. The SMILES string of the molecule is Cc1ccc(-c2cc(Cc3ccccc3)c(O)c(O)c2O)cc1. The van der Waals surface area contributed by atoms with Gasteiger partial charge in [0.25, 0.3) is 0 Å². The Balaban J connectivity index is 2.09. The van der Waals surface area contributed by atoms with Crippen LogP contribution in [0.4, 0.5) is 0 Å². The molecule has 0 amide bonds. The van der Waals surface area contributed by atoms with Gasteiger partial charge in [0.05, 0.1) is 0 Å². The first-order valence-corrected chi connectivity index (χ1v) is 7.44. The van der Waals surface area contributed by atoms with Crippen molar-refractivity contribution >= 4 is 0 Å². The van der Waals surface area contributed by atoms with E-state index in [1.165, 1.54) is 0 Å². The van der Waals surface area contributed by atoms with Crippen molar-refractivity contribution in [2.45, 2.75) is 13.3 Å². The molecule has 0 saturated heterocycles. The Labute approximate surface area is 135 Å². The minimum atomic E-state index is -0.478. The van der Waals surface area contributed by atoms with Gasteiger partial charge in [-0.2, -0.15) is 0 Å². The zero-order chi connectivity index (χ0) is 16.4. The predicted octanol–water partition coefficient (Wildman–Crippen LogP) is 4.37. The standard InChI is InChI=1S/C20H18O3/c1-13-7-9-15(10-8-13)17-12-16(18(21)20(23)19(17)22)11-14-5-3-2-4-6-14/h2-10,12,21-23H,11H2,1H3.